The van der Waals surface area contributed by atoms with Crippen LogP contribution in [-0.4, -0.2) is 43.2 Å². The van der Waals surface area contributed by atoms with Gasteiger partial charge in [0.25, 0.3) is 0 Å². The number of aliphatic carboxylic acids is 1. The predicted octanol–water partition coefficient (Wildman–Crippen LogP) is 3.14. The van der Waals surface area contributed by atoms with Crippen LogP contribution in [-0.2, 0) is 4.79 Å². The molecule has 0 aliphatic rings. The van der Waals surface area contributed by atoms with E-state index in [1.54, 1.807) is 12.1 Å². The molecule has 1 rings (SSSR count). The SMILES string of the molecule is CN(C)CCOc1c(Br)cc(Cl)cc1/C=C/C(=O)O. The highest BCUT2D eigenvalue weighted by Gasteiger charge is 2.09. The van der Waals surface area contributed by atoms with E-state index >= 15 is 0 Å². The fourth-order valence-corrected chi connectivity index (χ4v) is 2.30. The lowest BCUT2D eigenvalue weighted by Crippen LogP contribution is -2.19. The van der Waals surface area contributed by atoms with E-state index in [0.29, 0.717) is 27.4 Å². The van der Waals surface area contributed by atoms with Gasteiger partial charge in [0.1, 0.15) is 12.4 Å². The van der Waals surface area contributed by atoms with Crippen molar-refractivity contribution >= 4 is 39.6 Å². The van der Waals surface area contributed by atoms with Gasteiger partial charge in [-0.05, 0) is 48.2 Å². The zero-order valence-electron chi connectivity index (χ0n) is 10.7. The average Bonchev–Trinajstić information content (AvgIpc) is 2.28. The van der Waals surface area contributed by atoms with E-state index in [0.717, 1.165) is 12.6 Å². The van der Waals surface area contributed by atoms with Crippen LogP contribution in [0.1, 0.15) is 5.56 Å². The summed E-state index contributed by atoms with van der Waals surface area (Å²) in [5.41, 5.74) is 0.625. The summed E-state index contributed by atoms with van der Waals surface area (Å²) in [6.07, 6.45) is 2.51. The van der Waals surface area contributed by atoms with Crippen LogP contribution in [0.4, 0.5) is 0 Å². The molecule has 0 amide bonds. The van der Waals surface area contributed by atoms with Crippen molar-refractivity contribution in [3.63, 3.8) is 0 Å². The van der Waals surface area contributed by atoms with Crippen molar-refractivity contribution < 1.29 is 14.6 Å². The highest BCUT2D eigenvalue weighted by atomic mass is 79.9. The van der Waals surface area contributed by atoms with E-state index in [4.69, 9.17) is 21.4 Å². The third kappa shape index (κ3) is 5.63. The quantitative estimate of drug-likeness (QED) is 0.802. The second-order valence-corrected chi connectivity index (χ2v) is 5.42. The standard InChI is InChI=1S/C13H15BrClNO3/c1-16(2)5-6-19-13-9(3-4-12(17)18)7-10(15)8-11(13)14/h3-4,7-8H,5-6H2,1-2H3,(H,17,18)/b4-3+. The van der Waals surface area contributed by atoms with Gasteiger partial charge in [-0.25, -0.2) is 4.79 Å². The van der Waals surface area contributed by atoms with E-state index in [9.17, 15) is 4.79 Å². The molecule has 1 aromatic carbocycles. The monoisotopic (exact) mass is 347 g/mol. The molecule has 104 valence electrons. The molecule has 19 heavy (non-hydrogen) atoms. The van der Waals surface area contributed by atoms with Gasteiger partial charge in [-0.15, -0.1) is 0 Å². The van der Waals surface area contributed by atoms with Crippen LogP contribution >= 0.6 is 27.5 Å². The van der Waals surface area contributed by atoms with Crippen molar-refractivity contribution in [1.82, 2.24) is 4.90 Å². The van der Waals surface area contributed by atoms with Gasteiger partial charge >= 0.3 is 5.97 Å². The number of nitrogens with zero attached hydrogens (tertiary/aromatic N) is 1. The predicted molar refractivity (Wildman–Crippen MR) is 79.9 cm³/mol. The van der Waals surface area contributed by atoms with Crippen LogP contribution in [0, 0.1) is 0 Å². The number of hydrogen-bond acceptors (Lipinski definition) is 3. The molecule has 6 heteroatoms. The van der Waals surface area contributed by atoms with E-state index in [2.05, 4.69) is 15.9 Å². The summed E-state index contributed by atoms with van der Waals surface area (Å²) in [5, 5.41) is 9.19. The van der Waals surface area contributed by atoms with Crippen molar-refractivity contribution in [2.75, 3.05) is 27.2 Å². The minimum absolute atomic E-state index is 0.501. The molecule has 0 radical (unpaired) electrons. The zero-order valence-corrected chi connectivity index (χ0v) is 13.0. The number of hydrogen-bond donors (Lipinski definition) is 1. The van der Waals surface area contributed by atoms with Gasteiger partial charge in [0, 0.05) is 23.2 Å². The Labute approximate surface area is 125 Å². The minimum Gasteiger partial charge on any atom is -0.490 e. The fraction of sp³-hybridized carbons (Fsp3) is 0.308. The molecule has 0 bridgehead atoms. The molecule has 1 aromatic rings. The molecule has 0 atom stereocenters. The minimum atomic E-state index is -1.02. The Morgan fingerprint density at radius 1 is 1.53 bits per heavy atom. The number of carboxylic acid groups (broad SMARTS) is 1. The largest absolute Gasteiger partial charge is 0.490 e. The highest BCUT2D eigenvalue weighted by Crippen LogP contribution is 2.33. The summed E-state index contributed by atoms with van der Waals surface area (Å²) < 4.78 is 6.37. The number of carbonyl (C=O) groups is 1. The van der Waals surface area contributed by atoms with Gasteiger partial charge in [0.05, 0.1) is 4.47 Å². The number of benzene rings is 1. The summed E-state index contributed by atoms with van der Waals surface area (Å²) in [4.78, 5) is 12.6. The number of halogens is 2. The summed E-state index contributed by atoms with van der Waals surface area (Å²) in [6.45, 7) is 1.26. The third-order valence-corrected chi connectivity index (χ3v) is 3.03. The van der Waals surface area contributed by atoms with Gasteiger partial charge < -0.3 is 14.7 Å². The maximum atomic E-state index is 10.6. The molecule has 0 saturated heterocycles. The lowest BCUT2D eigenvalue weighted by molar-refractivity contribution is -0.131. The van der Waals surface area contributed by atoms with Crippen LogP contribution in [0.5, 0.6) is 5.75 Å². The third-order valence-electron chi connectivity index (χ3n) is 2.23. The first kappa shape index (κ1) is 16.0. The fourth-order valence-electron chi connectivity index (χ4n) is 1.35. The molecule has 0 heterocycles. The topological polar surface area (TPSA) is 49.8 Å². The summed E-state index contributed by atoms with van der Waals surface area (Å²) >= 11 is 9.31. The van der Waals surface area contributed by atoms with Crippen molar-refractivity contribution in [2.45, 2.75) is 0 Å². The number of ether oxygens (including phenoxy) is 1. The summed E-state index contributed by atoms with van der Waals surface area (Å²) in [6, 6.07) is 3.38. The molecular weight excluding hydrogens is 334 g/mol. The maximum absolute atomic E-state index is 10.6. The first-order chi connectivity index (χ1) is 8.90. The summed E-state index contributed by atoms with van der Waals surface area (Å²) in [7, 11) is 3.90. The second kappa shape index (κ2) is 7.53. The second-order valence-electron chi connectivity index (χ2n) is 4.13. The Morgan fingerprint density at radius 3 is 2.79 bits per heavy atom. The maximum Gasteiger partial charge on any atom is 0.328 e. The first-order valence-corrected chi connectivity index (χ1v) is 6.75. The van der Waals surface area contributed by atoms with Crippen molar-refractivity contribution in [3.05, 3.63) is 33.3 Å². The van der Waals surface area contributed by atoms with E-state index in [-0.39, 0.29) is 0 Å². The molecule has 1 N–H and O–H groups in total. The molecule has 0 fully saturated rings. The van der Waals surface area contributed by atoms with Gasteiger partial charge in [0.2, 0.25) is 0 Å². The Hall–Kier alpha value is -1.04. The summed E-state index contributed by atoms with van der Waals surface area (Å²) in [5.74, 6) is -0.431. The molecule has 4 nitrogen and oxygen atoms in total. The molecule has 0 spiro atoms. The molecule has 0 aromatic heterocycles. The van der Waals surface area contributed by atoms with Crippen LogP contribution < -0.4 is 4.74 Å². The molecule has 0 aliphatic heterocycles. The molecule has 0 saturated carbocycles. The number of carboxylic acids is 1. The smallest absolute Gasteiger partial charge is 0.328 e. The Morgan fingerprint density at radius 2 is 2.21 bits per heavy atom. The van der Waals surface area contributed by atoms with Crippen LogP contribution in [0.15, 0.2) is 22.7 Å². The molecule has 0 unspecified atom stereocenters. The highest BCUT2D eigenvalue weighted by molar-refractivity contribution is 9.10. The molecule has 0 aliphatic carbocycles. The van der Waals surface area contributed by atoms with Gasteiger partial charge in [-0.3, -0.25) is 0 Å². The first-order valence-electron chi connectivity index (χ1n) is 5.57. The van der Waals surface area contributed by atoms with Gasteiger partial charge in [-0.2, -0.15) is 0 Å². The average molecular weight is 349 g/mol. The van der Waals surface area contributed by atoms with Crippen LogP contribution in [0.25, 0.3) is 6.08 Å². The van der Waals surface area contributed by atoms with E-state index in [1.165, 1.54) is 6.08 Å². The van der Waals surface area contributed by atoms with Crippen molar-refractivity contribution in [2.24, 2.45) is 0 Å². The van der Waals surface area contributed by atoms with Crippen molar-refractivity contribution in [1.29, 1.82) is 0 Å². The van der Waals surface area contributed by atoms with E-state index in [1.807, 2.05) is 19.0 Å². The lowest BCUT2D eigenvalue weighted by Gasteiger charge is -2.14. The normalized spacial score (nSPS) is 11.2. The van der Waals surface area contributed by atoms with Gasteiger partial charge in [0.15, 0.2) is 0 Å². The molecular formula is C13H15BrClNO3. The van der Waals surface area contributed by atoms with Crippen LogP contribution in [0.2, 0.25) is 5.02 Å². The van der Waals surface area contributed by atoms with Gasteiger partial charge in [-0.1, -0.05) is 11.6 Å². The zero-order chi connectivity index (χ0) is 14.4. The Bertz CT molecular complexity index is 489. The van der Waals surface area contributed by atoms with Crippen LogP contribution in [0.3, 0.4) is 0 Å². The number of rotatable bonds is 6. The number of likely N-dealkylation sites (N-methyl/N-ethyl adjacent to an activating group) is 1. The van der Waals surface area contributed by atoms with Crippen molar-refractivity contribution in [3.8, 4) is 5.75 Å². The van der Waals surface area contributed by atoms with E-state index < -0.39 is 5.97 Å². The Balaban J connectivity index is 2.96. The Kier molecular flexibility index (Phi) is 6.34. The lowest BCUT2D eigenvalue weighted by atomic mass is 10.2.